The molecule has 2 aromatic heterocycles. The Balaban J connectivity index is 2.25. The van der Waals surface area contributed by atoms with Crippen molar-refractivity contribution in [3.63, 3.8) is 0 Å². The van der Waals surface area contributed by atoms with Crippen LogP contribution in [-0.4, -0.2) is 19.7 Å². The standard InChI is InChI=1S/C7H8N4S/c12-7-8-1-2-11(7)5-6-3-9-10-4-6/h1-4H,5H2,(H,8,12)(H,9,10). The summed E-state index contributed by atoms with van der Waals surface area (Å²) in [7, 11) is 0. The van der Waals surface area contributed by atoms with Gasteiger partial charge < -0.3 is 9.55 Å². The number of nitrogens with zero attached hydrogens (tertiary/aromatic N) is 2. The van der Waals surface area contributed by atoms with Gasteiger partial charge in [-0.3, -0.25) is 5.10 Å². The Labute approximate surface area is 74.2 Å². The Morgan fingerprint density at radius 2 is 2.50 bits per heavy atom. The number of nitrogens with one attached hydrogen (secondary N) is 2. The van der Waals surface area contributed by atoms with E-state index in [1.54, 1.807) is 6.20 Å². The van der Waals surface area contributed by atoms with E-state index in [-0.39, 0.29) is 0 Å². The van der Waals surface area contributed by atoms with Crippen molar-refractivity contribution in [2.45, 2.75) is 6.54 Å². The van der Waals surface area contributed by atoms with Gasteiger partial charge in [-0.25, -0.2) is 0 Å². The molecule has 0 saturated carbocycles. The fraction of sp³-hybridized carbons (Fsp3) is 0.143. The summed E-state index contributed by atoms with van der Waals surface area (Å²) in [4.78, 5) is 2.93. The highest BCUT2D eigenvalue weighted by Crippen LogP contribution is 1.99. The van der Waals surface area contributed by atoms with E-state index in [1.807, 2.05) is 23.2 Å². The summed E-state index contributed by atoms with van der Waals surface area (Å²) in [6.45, 7) is 0.763. The number of hydrogen-bond donors (Lipinski definition) is 2. The van der Waals surface area contributed by atoms with E-state index in [0.29, 0.717) is 0 Å². The van der Waals surface area contributed by atoms with Gasteiger partial charge in [0, 0.05) is 24.2 Å². The van der Waals surface area contributed by atoms with Gasteiger partial charge in [-0.1, -0.05) is 0 Å². The van der Waals surface area contributed by atoms with Crippen molar-refractivity contribution in [1.29, 1.82) is 0 Å². The molecule has 5 heteroatoms. The molecule has 0 atom stereocenters. The highest BCUT2D eigenvalue weighted by atomic mass is 32.1. The lowest BCUT2D eigenvalue weighted by Crippen LogP contribution is -1.96. The van der Waals surface area contributed by atoms with Crippen LogP contribution in [0.2, 0.25) is 0 Å². The average Bonchev–Trinajstić information content (AvgIpc) is 2.65. The normalized spacial score (nSPS) is 10.3. The van der Waals surface area contributed by atoms with Gasteiger partial charge in [0.1, 0.15) is 0 Å². The lowest BCUT2D eigenvalue weighted by molar-refractivity contribution is 0.784. The summed E-state index contributed by atoms with van der Waals surface area (Å²) in [5, 5.41) is 6.60. The Morgan fingerprint density at radius 1 is 1.58 bits per heavy atom. The van der Waals surface area contributed by atoms with Crippen molar-refractivity contribution in [2.24, 2.45) is 0 Å². The van der Waals surface area contributed by atoms with Gasteiger partial charge in [0.05, 0.1) is 12.7 Å². The predicted molar refractivity (Wildman–Crippen MR) is 47.3 cm³/mol. The summed E-state index contributed by atoms with van der Waals surface area (Å²) < 4.78 is 2.68. The molecule has 62 valence electrons. The third-order valence-corrected chi connectivity index (χ3v) is 1.98. The monoisotopic (exact) mass is 180 g/mol. The molecule has 0 spiro atoms. The number of aromatic nitrogens is 4. The summed E-state index contributed by atoms with van der Waals surface area (Å²) >= 11 is 5.04. The molecular weight excluding hydrogens is 172 g/mol. The molecule has 2 rings (SSSR count). The van der Waals surface area contributed by atoms with Crippen LogP contribution in [0, 0.1) is 4.77 Å². The van der Waals surface area contributed by atoms with Crippen LogP contribution < -0.4 is 0 Å². The zero-order chi connectivity index (χ0) is 8.39. The first-order valence-electron chi connectivity index (χ1n) is 3.58. The van der Waals surface area contributed by atoms with Crippen LogP contribution in [0.25, 0.3) is 0 Å². The van der Waals surface area contributed by atoms with Crippen LogP contribution >= 0.6 is 12.2 Å². The molecule has 0 saturated heterocycles. The molecule has 4 nitrogen and oxygen atoms in total. The lowest BCUT2D eigenvalue weighted by atomic mass is 10.4. The molecule has 12 heavy (non-hydrogen) atoms. The summed E-state index contributed by atoms with van der Waals surface area (Å²) in [6, 6.07) is 0. The SMILES string of the molecule is S=c1[nH]ccn1Cc1cn[nH]c1. The molecule has 0 aliphatic rings. The van der Waals surface area contributed by atoms with E-state index in [2.05, 4.69) is 15.2 Å². The van der Waals surface area contributed by atoms with Crippen LogP contribution in [0.15, 0.2) is 24.8 Å². The summed E-state index contributed by atoms with van der Waals surface area (Å²) in [5.74, 6) is 0. The first-order valence-corrected chi connectivity index (χ1v) is 3.98. The molecule has 2 heterocycles. The van der Waals surface area contributed by atoms with E-state index in [9.17, 15) is 0 Å². The Morgan fingerprint density at radius 3 is 3.08 bits per heavy atom. The maximum absolute atomic E-state index is 5.04. The van der Waals surface area contributed by atoms with Crippen molar-refractivity contribution in [1.82, 2.24) is 19.7 Å². The molecule has 2 aromatic rings. The van der Waals surface area contributed by atoms with E-state index in [0.717, 1.165) is 16.9 Å². The van der Waals surface area contributed by atoms with Crippen molar-refractivity contribution in [2.75, 3.05) is 0 Å². The minimum absolute atomic E-state index is 0.733. The van der Waals surface area contributed by atoms with Gasteiger partial charge in [0.2, 0.25) is 0 Å². The van der Waals surface area contributed by atoms with Gasteiger partial charge in [-0.05, 0) is 12.2 Å². The molecule has 0 bridgehead atoms. The molecule has 0 amide bonds. The molecule has 0 radical (unpaired) electrons. The maximum Gasteiger partial charge on any atom is 0.177 e. The van der Waals surface area contributed by atoms with Crippen molar-refractivity contribution >= 4 is 12.2 Å². The molecule has 0 fully saturated rings. The Kier molecular flexibility index (Phi) is 1.79. The number of rotatable bonds is 2. The average molecular weight is 180 g/mol. The molecular formula is C7H8N4S. The number of imidazole rings is 1. The van der Waals surface area contributed by atoms with E-state index >= 15 is 0 Å². The van der Waals surface area contributed by atoms with Gasteiger partial charge in [0.25, 0.3) is 0 Å². The topological polar surface area (TPSA) is 49.4 Å². The fourth-order valence-electron chi connectivity index (χ4n) is 1.03. The second kappa shape index (κ2) is 2.94. The van der Waals surface area contributed by atoms with E-state index < -0.39 is 0 Å². The first kappa shape index (κ1) is 7.30. The highest BCUT2D eigenvalue weighted by Gasteiger charge is 1.95. The second-order valence-electron chi connectivity index (χ2n) is 2.50. The quantitative estimate of drug-likeness (QED) is 0.685. The van der Waals surface area contributed by atoms with Crippen molar-refractivity contribution in [3.8, 4) is 0 Å². The van der Waals surface area contributed by atoms with Crippen LogP contribution in [0.5, 0.6) is 0 Å². The van der Waals surface area contributed by atoms with Gasteiger partial charge in [-0.2, -0.15) is 5.10 Å². The Bertz CT molecular complexity index is 397. The summed E-state index contributed by atoms with van der Waals surface area (Å²) in [5.41, 5.74) is 1.12. The third-order valence-electron chi connectivity index (χ3n) is 1.63. The van der Waals surface area contributed by atoms with Crippen LogP contribution in [-0.2, 0) is 6.54 Å². The van der Waals surface area contributed by atoms with Crippen molar-refractivity contribution < 1.29 is 0 Å². The predicted octanol–water partition coefficient (Wildman–Crippen LogP) is 1.32. The number of aromatic amines is 2. The highest BCUT2D eigenvalue weighted by molar-refractivity contribution is 7.71. The second-order valence-corrected chi connectivity index (χ2v) is 2.89. The molecule has 0 aliphatic carbocycles. The molecule has 0 unspecified atom stereocenters. The lowest BCUT2D eigenvalue weighted by Gasteiger charge is -1.96. The Hall–Kier alpha value is -1.36. The van der Waals surface area contributed by atoms with E-state index in [1.165, 1.54) is 0 Å². The number of hydrogen-bond acceptors (Lipinski definition) is 2. The van der Waals surface area contributed by atoms with Crippen LogP contribution in [0.4, 0.5) is 0 Å². The van der Waals surface area contributed by atoms with Gasteiger partial charge in [0.15, 0.2) is 4.77 Å². The molecule has 0 aromatic carbocycles. The largest absolute Gasteiger partial charge is 0.337 e. The van der Waals surface area contributed by atoms with Crippen molar-refractivity contribution in [3.05, 3.63) is 35.1 Å². The zero-order valence-corrected chi connectivity index (χ0v) is 7.14. The molecule has 0 aliphatic heterocycles. The smallest absolute Gasteiger partial charge is 0.177 e. The number of H-pyrrole nitrogens is 2. The zero-order valence-electron chi connectivity index (χ0n) is 6.32. The van der Waals surface area contributed by atoms with Crippen LogP contribution in [0.3, 0.4) is 0 Å². The van der Waals surface area contributed by atoms with Crippen LogP contribution in [0.1, 0.15) is 5.56 Å². The minimum Gasteiger partial charge on any atom is -0.337 e. The van der Waals surface area contributed by atoms with Gasteiger partial charge in [-0.15, -0.1) is 0 Å². The maximum atomic E-state index is 5.04. The van der Waals surface area contributed by atoms with E-state index in [4.69, 9.17) is 12.2 Å². The first-order chi connectivity index (χ1) is 5.86. The molecule has 2 N–H and O–H groups in total. The minimum atomic E-state index is 0.733. The summed E-state index contributed by atoms with van der Waals surface area (Å²) in [6.07, 6.45) is 7.38. The fourth-order valence-corrected chi connectivity index (χ4v) is 1.23. The van der Waals surface area contributed by atoms with Gasteiger partial charge >= 0.3 is 0 Å². The third kappa shape index (κ3) is 1.31.